The van der Waals surface area contributed by atoms with Crippen LogP contribution in [0.5, 0.6) is 0 Å². The largest absolute Gasteiger partial charge is 0.0995 e. The second-order valence-electron chi connectivity index (χ2n) is 7.53. The lowest BCUT2D eigenvalue weighted by molar-refractivity contribution is 0.643. The van der Waals surface area contributed by atoms with E-state index in [0.29, 0.717) is 5.92 Å². The summed E-state index contributed by atoms with van der Waals surface area (Å²) < 4.78 is 0. The van der Waals surface area contributed by atoms with E-state index >= 15 is 0 Å². The monoisotopic (exact) mass is 330 g/mol. The maximum absolute atomic E-state index is 4.27. The first kappa shape index (κ1) is 23.0. The number of rotatable bonds is 10. The summed E-state index contributed by atoms with van der Waals surface area (Å²) in [5.41, 5.74) is 10.7. The Hall–Kier alpha value is -1.04. The molecular weight excluding hydrogens is 288 g/mol. The van der Waals surface area contributed by atoms with Crippen molar-refractivity contribution >= 4 is 0 Å². The van der Waals surface area contributed by atoms with Crippen LogP contribution in [0.4, 0.5) is 0 Å². The van der Waals surface area contributed by atoms with Gasteiger partial charge in [-0.15, -0.1) is 0 Å². The molecule has 1 atom stereocenters. The van der Waals surface area contributed by atoms with Gasteiger partial charge in [-0.05, 0) is 83.3 Å². The van der Waals surface area contributed by atoms with E-state index in [0.717, 1.165) is 32.1 Å². The zero-order valence-electron chi connectivity index (χ0n) is 18.0. The third-order valence-corrected chi connectivity index (χ3v) is 5.46. The van der Waals surface area contributed by atoms with Crippen molar-refractivity contribution in [1.29, 1.82) is 0 Å². The zero-order chi connectivity index (χ0) is 18.9. The highest BCUT2D eigenvalue weighted by molar-refractivity contribution is 5.42. The quantitative estimate of drug-likeness (QED) is 0.278. The SMILES string of the molecule is C=C(CC)CC(=C(C)C)C(=C(C)CC(CC)=C(C)CC)C(C)CC. The molecule has 24 heavy (non-hydrogen) atoms. The second kappa shape index (κ2) is 11.5. The molecule has 0 aromatic carbocycles. The van der Waals surface area contributed by atoms with Crippen LogP contribution in [0.25, 0.3) is 0 Å². The molecule has 0 aromatic heterocycles. The van der Waals surface area contributed by atoms with Crippen molar-refractivity contribution in [3.05, 3.63) is 45.6 Å². The molecule has 0 saturated carbocycles. The van der Waals surface area contributed by atoms with E-state index in [-0.39, 0.29) is 0 Å². The Kier molecular flexibility index (Phi) is 11.0. The Balaban J connectivity index is 6.06. The summed E-state index contributed by atoms with van der Waals surface area (Å²) in [5.74, 6) is 0.611. The van der Waals surface area contributed by atoms with Gasteiger partial charge in [0.2, 0.25) is 0 Å². The first-order valence-electron chi connectivity index (χ1n) is 9.93. The van der Waals surface area contributed by atoms with Crippen molar-refractivity contribution in [2.45, 2.75) is 101 Å². The standard InChI is InChI=1S/C24H42/c1-11-18(7)15-23(17(5)6)24(20(9)13-3)21(10)16-22(14-4)19(8)12-2/h20H,7,11-16H2,1-6,8-10H3. The van der Waals surface area contributed by atoms with Gasteiger partial charge in [-0.2, -0.15) is 0 Å². The molecular formula is C24H42. The average molecular weight is 331 g/mol. The van der Waals surface area contributed by atoms with Crippen molar-refractivity contribution in [3.8, 4) is 0 Å². The molecule has 0 N–H and O–H groups in total. The van der Waals surface area contributed by atoms with Crippen LogP contribution in [0.2, 0.25) is 0 Å². The van der Waals surface area contributed by atoms with Gasteiger partial charge in [0.25, 0.3) is 0 Å². The van der Waals surface area contributed by atoms with Gasteiger partial charge in [0.15, 0.2) is 0 Å². The highest BCUT2D eigenvalue weighted by atomic mass is 14.2. The lowest BCUT2D eigenvalue weighted by atomic mass is 9.81. The van der Waals surface area contributed by atoms with E-state index in [1.54, 1.807) is 27.9 Å². The summed E-state index contributed by atoms with van der Waals surface area (Å²) in [6, 6.07) is 0. The molecule has 0 saturated heterocycles. The minimum Gasteiger partial charge on any atom is -0.0995 e. The van der Waals surface area contributed by atoms with Gasteiger partial charge < -0.3 is 0 Å². The smallest absolute Gasteiger partial charge is 0.00678 e. The number of hydrogen-bond acceptors (Lipinski definition) is 0. The lowest BCUT2D eigenvalue weighted by Gasteiger charge is -2.25. The minimum absolute atomic E-state index is 0.611. The van der Waals surface area contributed by atoms with Crippen LogP contribution >= 0.6 is 0 Å². The summed E-state index contributed by atoms with van der Waals surface area (Å²) in [6.45, 7) is 24.9. The minimum atomic E-state index is 0.611. The molecule has 0 aliphatic carbocycles. The Bertz CT molecular complexity index is 504. The predicted molar refractivity (Wildman–Crippen MR) is 112 cm³/mol. The van der Waals surface area contributed by atoms with Crippen LogP contribution in [-0.4, -0.2) is 0 Å². The Morgan fingerprint density at radius 3 is 1.75 bits per heavy atom. The van der Waals surface area contributed by atoms with E-state index in [1.165, 1.54) is 17.6 Å². The van der Waals surface area contributed by atoms with Gasteiger partial charge in [-0.3, -0.25) is 0 Å². The van der Waals surface area contributed by atoms with E-state index in [1.807, 2.05) is 0 Å². The van der Waals surface area contributed by atoms with E-state index in [4.69, 9.17) is 0 Å². The highest BCUT2D eigenvalue weighted by Crippen LogP contribution is 2.35. The van der Waals surface area contributed by atoms with Crippen LogP contribution in [0.1, 0.15) is 101 Å². The molecule has 0 heteroatoms. The van der Waals surface area contributed by atoms with E-state index in [9.17, 15) is 0 Å². The molecule has 138 valence electrons. The molecule has 0 spiro atoms. The van der Waals surface area contributed by atoms with Crippen molar-refractivity contribution in [3.63, 3.8) is 0 Å². The summed E-state index contributed by atoms with van der Waals surface area (Å²) in [7, 11) is 0. The van der Waals surface area contributed by atoms with Crippen LogP contribution in [0.15, 0.2) is 45.6 Å². The summed E-state index contributed by atoms with van der Waals surface area (Å²) in [4.78, 5) is 0. The van der Waals surface area contributed by atoms with Crippen molar-refractivity contribution < 1.29 is 0 Å². The lowest BCUT2D eigenvalue weighted by Crippen LogP contribution is -2.08. The third kappa shape index (κ3) is 6.83. The topological polar surface area (TPSA) is 0 Å². The molecule has 0 aromatic rings. The average Bonchev–Trinajstić information content (AvgIpc) is 2.57. The zero-order valence-corrected chi connectivity index (χ0v) is 18.0. The normalized spacial score (nSPS) is 14.7. The van der Waals surface area contributed by atoms with Crippen molar-refractivity contribution in [2.75, 3.05) is 0 Å². The maximum atomic E-state index is 4.27. The summed E-state index contributed by atoms with van der Waals surface area (Å²) in [5, 5.41) is 0. The van der Waals surface area contributed by atoms with Crippen molar-refractivity contribution in [1.82, 2.24) is 0 Å². The van der Waals surface area contributed by atoms with E-state index < -0.39 is 0 Å². The molecule has 0 nitrogen and oxygen atoms in total. The highest BCUT2D eigenvalue weighted by Gasteiger charge is 2.18. The predicted octanol–water partition coefficient (Wildman–Crippen LogP) is 8.57. The molecule has 0 aliphatic rings. The number of hydrogen-bond donors (Lipinski definition) is 0. The summed E-state index contributed by atoms with van der Waals surface area (Å²) >= 11 is 0. The fourth-order valence-electron chi connectivity index (χ4n) is 3.34. The second-order valence-corrected chi connectivity index (χ2v) is 7.53. The molecule has 0 fully saturated rings. The van der Waals surface area contributed by atoms with Crippen LogP contribution in [-0.2, 0) is 0 Å². The molecule has 1 unspecified atom stereocenters. The molecule has 0 heterocycles. The first-order chi connectivity index (χ1) is 11.2. The summed E-state index contributed by atoms with van der Waals surface area (Å²) in [6.07, 6.45) is 6.76. The van der Waals surface area contributed by atoms with Gasteiger partial charge in [-0.25, -0.2) is 0 Å². The van der Waals surface area contributed by atoms with Gasteiger partial charge in [0.1, 0.15) is 0 Å². The van der Waals surface area contributed by atoms with Gasteiger partial charge in [0.05, 0.1) is 0 Å². The third-order valence-electron chi connectivity index (χ3n) is 5.46. The Morgan fingerprint density at radius 1 is 0.792 bits per heavy atom. The molecule has 0 amide bonds. The first-order valence-corrected chi connectivity index (χ1v) is 9.93. The fourth-order valence-corrected chi connectivity index (χ4v) is 3.34. The Labute approximate surface area is 152 Å². The number of allylic oxidation sites excluding steroid dienone is 7. The molecule has 0 aliphatic heterocycles. The molecule has 0 rings (SSSR count). The fraction of sp³-hybridized carbons (Fsp3) is 0.667. The maximum Gasteiger partial charge on any atom is -0.00678 e. The van der Waals surface area contributed by atoms with Crippen LogP contribution in [0, 0.1) is 5.92 Å². The van der Waals surface area contributed by atoms with Gasteiger partial charge in [0, 0.05) is 0 Å². The van der Waals surface area contributed by atoms with E-state index in [2.05, 4.69) is 68.9 Å². The molecule has 0 radical (unpaired) electrons. The Morgan fingerprint density at radius 2 is 1.38 bits per heavy atom. The van der Waals surface area contributed by atoms with Crippen LogP contribution < -0.4 is 0 Å². The van der Waals surface area contributed by atoms with Crippen LogP contribution in [0.3, 0.4) is 0 Å². The van der Waals surface area contributed by atoms with Crippen molar-refractivity contribution in [2.24, 2.45) is 5.92 Å². The van der Waals surface area contributed by atoms with Gasteiger partial charge >= 0.3 is 0 Å². The molecule has 0 bridgehead atoms. The van der Waals surface area contributed by atoms with Gasteiger partial charge in [-0.1, -0.05) is 69.1 Å².